The molecular formula is C16H26N2O4S. The van der Waals surface area contributed by atoms with Crippen molar-refractivity contribution < 1.29 is 17.9 Å². The van der Waals surface area contributed by atoms with Crippen molar-refractivity contribution in [2.45, 2.75) is 44.6 Å². The Kier molecular flexibility index (Phi) is 8.22. The second-order valence-electron chi connectivity index (χ2n) is 5.26. The number of nitrogens with one attached hydrogen (secondary N) is 2. The van der Waals surface area contributed by atoms with E-state index >= 15 is 0 Å². The minimum absolute atomic E-state index is 0.131. The molecule has 1 aromatic rings. The number of amides is 1. The molecule has 6 nitrogen and oxygen atoms in total. The van der Waals surface area contributed by atoms with Gasteiger partial charge in [-0.25, -0.2) is 13.1 Å². The van der Waals surface area contributed by atoms with E-state index in [0.717, 1.165) is 6.42 Å². The normalized spacial score (nSPS) is 12.8. The first-order valence-corrected chi connectivity index (χ1v) is 9.37. The molecule has 0 bridgehead atoms. The van der Waals surface area contributed by atoms with Crippen LogP contribution >= 0.6 is 0 Å². The third-order valence-electron chi connectivity index (χ3n) is 3.35. The number of hydrogen-bond acceptors (Lipinski definition) is 4. The summed E-state index contributed by atoms with van der Waals surface area (Å²) in [6.45, 7) is 7.43. The van der Waals surface area contributed by atoms with Gasteiger partial charge in [-0.05, 0) is 51.0 Å². The van der Waals surface area contributed by atoms with Gasteiger partial charge in [-0.2, -0.15) is 0 Å². The third-order valence-corrected chi connectivity index (χ3v) is 4.96. The first-order valence-electron chi connectivity index (χ1n) is 7.89. The Balaban J connectivity index is 2.60. The van der Waals surface area contributed by atoms with Gasteiger partial charge >= 0.3 is 0 Å². The zero-order valence-electron chi connectivity index (χ0n) is 14.0. The predicted molar refractivity (Wildman–Crippen MR) is 90.0 cm³/mol. The van der Waals surface area contributed by atoms with Crippen molar-refractivity contribution in [2.75, 3.05) is 19.8 Å². The minimum atomic E-state index is -3.54. The van der Waals surface area contributed by atoms with E-state index in [4.69, 9.17) is 4.74 Å². The van der Waals surface area contributed by atoms with Crippen molar-refractivity contribution >= 4 is 15.9 Å². The summed E-state index contributed by atoms with van der Waals surface area (Å²) in [4.78, 5) is 12.1. The summed E-state index contributed by atoms with van der Waals surface area (Å²) in [5.74, 6) is -0.222. The van der Waals surface area contributed by atoms with Crippen LogP contribution in [0.4, 0.5) is 0 Å². The van der Waals surface area contributed by atoms with Crippen molar-refractivity contribution in [1.29, 1.82) is 0 Å². The molecule has 1 amide bonds. The minimum Gasteiger partial charge on any atom is -0.382 e. The van der Waals surface area contributed by atoms with Gasteiger partial charge in [0.1, 0.15) is 0 Å². The van der Waals surface area contributed by atoms with Crippen LogP contribution in [-0.2, 0) is 14.8 Å². The highest BCUT2D eigenvalue weighted by molar-refractivity contribution is 7.89. The monoisotopic (exact) mass is 342 g/mol. The predicted octanol–water partition coefficient (Wildman–Crippen LogP) is 1.92. The fourth-order valence-corrected chi connectivity index (χ4v) is 3.15. The van der Waals surface area contributed by atoms with Crippen LogP contribution in [0.5, 0.6) is 0 Å². The number of benzene rings is 1. The van der Waals surface area contributed by atoms with Crippen LogP contribution in [0.2, 0.25) is 0 Å². The standard InChI is InChI=1S/C16H26N2O4S/c1-4-13(3)18-23(20,21)15-9-7-14(8-10-15)16(19)17-11-6-12-22-5-2/h7-10,13,18H,4-6,11-12H2,1-3H3,(H,17,19). The fraction of sp³-hybridized carbons (Fsp3) is 0.562. The quantitative estimate of drug-likeness (QED) is 0.636. The van der Waals surface area contributed by atoms with E-state index in [0.29, 0.717) is 31.7 Å². The molecule has 0 aliphatic carbocycles. The van der Waals surface area contributed by atoms with E-state index in [2.05, 4.69) is 10.0 Å². The second-order valence-corrected chi connectivity index (χ2v) is 6.98. The topological polar surface area (TPSA) is 84.5 Å². The zero-order valence-corrected chi connectivity index (χ0v) is 14.8. The number of carbonyl (C=O) groups is 1. The van der Waals surface area contributed by atoms with Crippen LogP contribution in [0.15, 0.2) is 29.2 Å². The summed E-state index contributed by atoms with van der Waals surface area (Å²) in [7, 11) is -3.54. The number of ether oxygens (including phenoxy) is 1. The molecule has 0 aliphatic rings. The molecule has 0 spiro atoms. The Morgan fingerprint density at radius 1 is 1.22 bits per heavy atom. The Morgan fingerprint density at radius 2 is 1.87 bits per heavy atom. The maximum absolute atomic E-state index is 12.1. The summed E-state index contributed by atoms with van der Waals surface area (Å²) in [5, 5.41) is 2.77. The first kappa shape index (κ1) is 19.6. The van der Waals surface area contributed by atoms with Crippen LogP contribution in [0, 0.1) is 0 Å². The van der Waals surface area contributed by atoms with E-state index in [9.17, 15) is 13.2 Å². The molecule has 23 heavy (non-hydrogen) atoms. The smallest absolute Gasteiger partial charge is 0.251 e. The number of carbonyl (C=O) groups excluding carboxylic acids is 1. The molecule has 1 aromatic carbocycles. The van der Waals surface area contributed by atoms with Gasteiger partial charge in [-0.1, -0.05) is 6.92 Å². The highest BCUT2D eigenvalue weighted by Gasteiger charge is 2.17. The van der Waals surface area contributed by atoms with E-state index in [1.165, 1.54) is 24.3 Å². The average molecular weight is 342 g/mol. The van der Waals surface area contributed by atoms with Crippen LogP contribution in [-0.4, -0.2) is 40.1 Å². The molecule has 130 valence electrons. The lowest BCUT2D eigenvalue weighted by molar-refractivity contribution is 0.0944. The largest absolute Gasteiger partial charge is 0.382 e. The van der Waals surface area contributed by atoms with Crippen molar-refractivity contribution in [2.24, 2.45) is 0 Å². The Labute approximate surface area is 138 Å². The molecule has 0 fully saturated rings. The zero-order chi connectivity index (χ0) is 17.3. The van der Waals surface area contributed by atoms with Gasteiger partial charge in [0.15, 0.2) is 0 Å². The number of hydrogen-bond donors (Lipinski definition) is 2. The average Bonchev–Trinajstić information content (AvgIpc) is 2.54. The molecular weight excluding hydrogens is 316 g/mol. The maximum Gasteiger partial charge on any atom is 0.251 e. The molecule has 0 saturated heterocycles. The van der Waals surface area contributed by atoms with E-state index < -0.39 is 10.0 Å². The van der Waals surface area contributed by atoms with Gasteiger partial charge in [-0.3, -0.25) is 4.79 Å². The van der Waals surface area contributed by atoms with Crippen molar-refractivity contribution in [3.05, 3.63) is 29.8 Å². The van der Waals surface area contributed by atoms with Crippen molar-refractivity contribution in [3.8, 4) is 0 Å². The van der Waals surface area contributed by atoms with E-state index in [1.54, 1.807) is 0 Å². The Morgan fingerprint density at radius 3 is 2.43 bits per heavy atom. The second kappa shape index (κ2) is 9.64. The highest BCUT2D eigenvalue weighted by Crippen LogP contribution is 2.11. The van der Waals surface area contributed by atoms with Gasteiger partial charge in [0.05, 0.1) is 4.90 Å². The first-order chi connectivity index (χ1) is 10.9. The summed E-state index contributed by atoms with van der Waals surface area (Å²) in [5.41, 5.74) is 0.434. The summed E-state index contributed by atoms with van der Waals surface area (Å²) < 4.78 is 32.0. The molecule has 1 rings (SSSR count). The fourth-order valence-electron chi connectivity index (χ4n) is 1.82. The lowest BCUT2D eigenvalue weighted by Gasteiger charge is -2.12. The van der Waals surface area contributed by atoms with Gasteiger partial charge in [0.2, 0.25) is 10.0 Å². The highest BCUT2D eigenvalue weighted by atomic mass is 32.2. The molecule has 1 atom stereocenters. The molecule has 0 aliphatic heterocycles. The van der Waals surface area contributed by atoms with Crippen molar-refractivity contribution in [1.82, 2.24) is 10.0 Å². The molecule has 0 heterocycles. The van der Waals surface area contributed by atoms with Gasteiger partial charge in [-0.15, -0.1) is 0 Å². The van der Waals surface area contributed by atoms with E-state index in [1.807, 2.05) is 20.8 Å². The van der Waals surface area contributed by atoms with Crippen LogP contribution in [0.1, 0.15) is 44.0 Å². The maximum atomic E-state index is 12.1. The molecule has 1 unspecified atom stereocenters. The van der Waals surface area contributed by atoms with Crippen LogP contribution in [0.25, 0.3) is 0 Å². The summed E-state index contributed by atoms with van der Waals surface area (Å²) in [6, 6.07) is 5.79. The number of rotatable bonds is 10. The molecule has 0 aromatic heterocycles. The molecule has 0 saturated carbocycles. The number of sulfonamides is 1. The molecule has 2 N–H and O–H groups in total. The van der Waals surface area contributed by atoms with Crippen molar-refractivity contribution in [3.63, 3.8) is 0 Å². The van der Waals surface area contributed by atoms with Crippen LogP contribution < -0.4 is 10.0 Å². The lowest BCUT2D eigenvalue weighted by Crippen LogP contribution is -2.32. The molecule has 0 radical (unpaired) electrons. The van der Waals surface area contributed by atoms with Gasteiger partial charge in [0, 0.05) is 31.4 Å². The van der Waals surface area contributed by atoms with Gasteiger partial charge < -0.3 is 10.1 Å². The SMILES string of the molecule is CCOCCCNC(=O)c1ccc(S(=O)(=O)NC(C)CC)cc1. The third kappa shape index (κ3) is 6.68. The summed E-state index contributed by atoms with van der Waals surface area (Å²) >= 11 is 0. The van der Waals surface area contributed by atoms with Gasteiger partial charge in [0.25, 0.3) is 5.91 Å². The molecule has 7 heteroatoms. The Hall–Kier alpha value is -1.44. The van der Waals surface area contributed by atoms with E-state index in [-0.39, 0.29) is 16.8 Å². The van der Waals surface area contributed by atoms with Crippen LogP contribution in [0.3, 0.4) is 0 Å². The lowest BCUT2D eigenvalue weighted by atomic mass is 10.2. The Bertz CT molecular complexity index is 585. The summed E-state index contributed by atoms with van der Waals surface area (Å²) in [6.07, 6.45) is 1.45.